The summed E-state index contributed by atoms with van der Waals surface area (Å²) < 4.78 is 13.4. The quantitative estimate of drug-likeness (QED) is 0.468. The second-order valence-electron chi connectivity index (χ2n) is 4.62. The molecule has 0 saturated heterocycles. The first kappa shape index (κ1) is 16.5. The molecule has 0 bridgehead atoms. The minimum atomic E-state index is -1.07. The lowest BCUT2D eigenvalue weighted by Crippen LogP contribution is -2.36. The van der Waals surface area contributed by atoms with Gasteiger partial charge < -0.3 is 10.6 Å². The van der Waals surface area contributed by atoms with Crippen LogP contribution in [0.1, 0.15) is 24.2 Å². The van der Waals surface area contributed by atoms with Gasteiger partial charge in [-0.2, -0.15) is 4.39 Å². The van der Waals surface area contributed by atoms with Gasteiger partial charge in [-0.1, -0.05) is 13.8 Å². The number of nitro benzene ring substituents is 1. The topological polar surface area (TPSA) is 101 Å². The molecule has 2 N–H and O–H groups in total. The number of hydrogen-bond acceptors (Lipinski definition) is 4. The maximum atomic E-state index is 13.4. The van der Waals surface area contributed by atoms with Crippen molar-refractivity contribution in [1.29, 1.82) is 0 Å². The highest BCUT2D eigenvalue weighted by molar-refractivity contribution is 5.94. The fourth-order valence-electron chi connectivity index (χ4n) is 1.46. The fourth-order valence-corrected chi connectivity index (χ4v) is 1.46. The molecule has 1 aromatic carbocycles. The lowest BCUT2D eigenvalue weighted by molar-refractivity contribution is -0.387. The summed E-state index contributed by atoms with van der Waals surface area (Å²) in [6, 6.07) is 2.91. The van der Waals surface area contributed by atoms with Gasteiger partial charge in [0.1, 0.15) is 0 Å². The second-order valence-corrected chi connectivity index (χ2v) is 4.62. The lowest BCUT2D eigenvalue weighted by Gasteiger charge is -2.08. The van der Waals surface area contributed by atoms with Crippen molar-refractivity contribution >= 4 is 17.5 Å². The number of halogens is 1. The Morgan fingerprint density at radius 1 is 1.29 bits per heavy atom. The van der Waals surface area contributed by atoms with Crippen molar-refractivity contribution in [3.8, 4) is 0 Å². The van der Waals surface area contributed by atoms with Crippen molar-refractivity contribution in [1.82, 2.24) is 10.6 Å². The number of amides is 2. The SMILES string of the molecule is CC(C)C(=O)NCCNC(=O)c1ccc([N+](=O)[O-])c(F)c1. The van der Waals surface area contributed by atoms with E-state index in [-0.39, 0.29) is 30.5 Å². The third kappa shape index (κ3) is 4.83. The smallest absolute Gasteiger partial charge is 0.304 e. The molecule has 2 amide bonds. The average molecular weight is 297 g/mol. The number of nitro groups is 1. The minimum absolute atomic E-state index is 0.0201. The molecule has 114 valence electrons. The molecule has 1 rings (SSSR count). The van der Waals surface area contributed by atoms with E-state index >= 15 is 0 Å². The molecular weight excluding hydrogens is 281 g/mol. The Labute approximate surface area is 120 Å². The Kier molecular flexibility index (Phi) is 5.77. The highest BCUT2D eigenvalue weighted by atomic mass is 19.1. The Morgan fingerprint density at radius 2 is 1.90 bits per heavy atom. The van der Waals surface area contributed by atoms with E-state index in [1.54, 1.807) is 13.8 Å². The summed E-state index contributed by atoms with van der Waals surface area (Å²) in [4.78, 5) is 32.6. The zero-order valence-electron chi connectivity index (χ0n) is 11.7. The standard InChI is InChI=1S/C13H16FN3O4/c1-8(2)12(18)15-5-6-16-13(19)9-3-4-11(17(20)21)10(14)7-9/h3-4,7-8H,5-6H2,1-2H3,(H,15,18)(H,16,19). The van der Waals surface area contributed by atoms with Crippen molar-refractivity contribution in [2.75, 3.05) is 13.1 Å². The Bertz CT molecular complexity index is 560. The first-order chi connectivity index (χ1) is 9.82. The average Bonchev–Trinajstić information content (AvgIpc) is 2.42. The molecule has 1 aromatic rings. The Morgan fingerprint density at radius 3 is 2.43 bits per heavy atom. The van der Waals surface area contributed by atoms with Crippen LogP contribution in [0.4, 0.5) is 10.1 Å². The molecule has 0 aliphatic heterocycles. The molecule has 8 heteroatoms. The largest absolute Gasteiger partial charge is 0.354 e. The van der Waals surface area contributed by atoms with E-state index in [4.69, 9.17) is 0 Å². The summed E-state index contributed by atoms with van der Waals surface area (Å²) in [5, 5.41) is 15.5. The molecule has 0 atom stereocenters. The molecule has 21 heavy (non-hydrogen) atoms. The van der Waals surface area contributed by atoms with Crippen LogP contribution in [-0.2, 0) is 4.79 Å². The van der Waals surface area contributed by atoms with Gasteiger partial charge in [-0.15, -0.1) is 0 Å². The van der Waals surface area contributed by atoms with Gasteiger partial charge in [0.15, 0.2) is 0 Å². The Hall–Kier alpha value is -2.51. The Balaban J connectivity index is 2.51. The molecule has 0 spiro atoms. The number of carbonyl (C=O) groups excluding carboxylic acids is 2. The van der Waals surface area contributed by atoms with Crippen LogP contribution in [0.3, 0.4) is 0 Å². The van der Waals surface area contributed by atoms with Crippen molar-refractivity contribution in [2.45, 2.75) is 13.8 Å². The van der Waals surface area contributed by atoms with Crippen molar-refractivity contribution in [2.24, 2.45) is 5.92 Å². The molecule has 7 nitrogen and oxygen atoms in total. The maximum absolute atomic E-state index is 13.4. The molecule has 0 aliphatic carbocycles. The maximum Gasteiger partial charge on any atom is 0.304 e. The van der Waals surface area contributed by atoms with Crippen LogP contribution in [0.15, 0.2) is 18.2 Å². The highest BCUT2D eigenvalue weighted by Crippen LogP contribution is 2.17. The molecule has 0 fully saturated rings. The van der Waals surface area contributed by atoms with Gasteiger partial charge >= 0.3 is 5.69 Å². The van der Waals surface area contributed by atoms with Gasteiger partial charge in [0, 0.05) is 30.6 Å². The monoisotopic (exact) mass is 297 g/mol. The van der Waals surface area contributed by atoms with Gasteiger partial charge in [0.05, 0.1) is 4.92 Å². The van der Waals surface area contributed by atoms with Crippen molar-refractivity contribution in [3.63, 3.8) is 0 Å². The van der Waals surface area contributed by atoms with E-state index in [9.17, 15) is 24.1 Å². The van der Waals surface area contributed by atoms with Crippen LogP contribution >= 0.6 is 0 Å². The van der Waals surface area contributed by atoms with Crippen molar-refractivity contribution < 1.29 is 18.9 Å². The molecule has 0 unspecified atom stereocenters. The number of carbonyl (C=O) groups is 2. The number of nitrogens with zero attached hydrogens (tertiary/aromatic N) is 1. The van der Waals surface area contributed by atoms with Gasteiger partial charge in [-0.25, -0.2) is 0 Å². The first-order valence-electron chi connectivity index (χ1n) is 6.32. The number of nitrogens with one attached hydrogen (secondary N) is 2. The molecular formula is C13H16FN3O4. The molecule has 0 aliphatic rings. The van der Waals surface area contributed by atoms with Crippen LogP contribution in [0, 0.1) is 21.8 Å². The zero-order valence-corrected chi connectivity index (χ0v) is 11.7. The lowest BCUT2D eigenvalue weighted by atomic mass is 10.2. The second kappa shape index (κ2) is 7.32. The molecule has 0 saturated carbocycles. The van der Waals surface area contributed by atoms with Gasteiger partial charge in [-0.05, 0) is 12.1 Å². The van der Waals surface area contributed by atoms with E-state index in [1.165, 1.54) is 6.07 Å². The van der Waals surface area contributed by atoms with E-state index in [0.717, 1.165) is 12.1 Å². The minimum Gasteiger partial charge on any atom is -0.354 e. The third-order valence-corrected chi connectivity index (χ3v) is 2.64. The predicted octanol–water partition coefficient (Wildman–Crippen LogP) is 1.24. The fraction of sp³-hybridized carbons (Fsp3) is 0.385. The van der Waals surface area contributed by atoms with Crippen LogP contribution in [0.2, 0.25) is 0 Å². The summed E-state index contributed by atoms with van der Waals surface area (Å²) in [6.45, 7) is 3.91. The summed E-state index contributed by atoms with van der Waals surface area (Å²) in [5.74, 6) is -1.92. The summed E-state index contributed by atoms with van der Waals surface area (Å²) >= 11 is 0. The first-order valence-corrected chi connectivity index (χ1v) is 6.32. The normalized spacial score (nSPS) is 10.3. The van der Waals surface area contributed by atoms with Gasteiger partial charge in [0.2, 0.25) is 11.7 Å². The molecule has 0 aromatic heterocycles. The zero-order chi connectivity index (χ0) is 16.0. The van der Waals surface area contributed by atoms with E-state index in [1.807, 2.05) is 0 Å². The van der Waals surface area contributed by atoms with Gasteiger partial charge in [-0.3, -0.25) is 19.7 Å². The van der Waals surface area contributed by atoms with E-state index in [2.05, 4.69) is 10.6 Å². The van der Waals surface area contributed by atoms with Crippen molar-refractivity contribution in [3.05, 3.63) is 39.7 Å². The van der Waals surface area contributed by atoms with Crippen LogP contribution in [0.25, 0.3) is 0 Å². The third-order valence-electron chi connectivity index (χ3n) is 2.64. The van der Waals surface area contributed by atoms with E-state index in [0.29, 0.717) is 0 Å². The molecule has 0 heterocycles. The van der Waals surface area contributed by atoms with Gasteiger partial charge in [0.25, 0.3) is 5.91 Å². The predicted molar refractivity (Wildman–Crippen MR) is 73.2 cm³/mol. The van der Waals surface area contributed by atoms with Crippen LogP contribution < -0.4 is 10.6 Å². The molecule has 0 radical (unpaired) electrons. The van der Waals surface area contributed by atoms with Crippen LogP contribution in [0.5, 0.6) is 0 Å². The van der Waals surface area contributed by atoms with E-state index < -0.39 is 22.3 Å². The summed E-state index contributed by atoms with van der Waals surface area (Å²) in [7, 11) is 0. The number of hydrogen-bond donors (Lipinski definition) is 2. The summed E-state index contributed by atoms with van der Waals surface area (Å²) in [6.07, 6.45) is 0. The number of benzene rings is 1. The highest BCUT2D eigenvalue weighted by Gasteiger charge is 2.16. The van der Waals surface area contributed by atoms with Crippen LogP contribution in [-0.4, -0.2) is 29.8 Å². The number of rotatable bonds is 6. The summed E-state index contributed by atoms with van der Waals surface area (Å²) in [5.41, 5.74) is -0.705.